The Hall–Kier alpha value is -2.58. The first kappa shape index (κ1) is 12.9. The van der Waals surface area contributed by atoms with Crippen LogP contribution in [0.25, 0.3) is 0 Å². The minimum atomic E-state index is -1.31. The van der Waals surface area contributed by atoms with Crippen LogP contribution in [-0.2, 0) is 4.79 Å². The van der Waals surface area contributed by atoms with Crippen molar-refractivity contribution in [2.75, 3.05) is 4.90 Å². The highest BCUT2D eigenvalue weighted by Gasteiger charge is 2.31. The van der Waals surface area contributed by atoms with Gasteiger partial charge >= 0.3 is 5.97 Å². The van der Waals surface area contributed by atoms with Gasteiger partial charge in [-0.25, -0.2) is 4.79 Å². The first-order valence-corrected chi connectivity index (χ1v) is 5.64. The number of para-hydroxylation sites is 1. The average Bonchev–Trinajstić information content (AvgIpc) is 2.40. The molecular formula is C14H12N2O3. The molecule has 2 N–H and O–H groups in total. The molecular weight excluding hydrogens is 244 g/mol. The van der Waals surface area contributed by atoms with E-state index in [0.29, 0.717) is 11.4 Å². The zero-order valence-corrected chi connectivity index (χ0v) is 10.2. The second-order valence-corrected chi connectivity index (χ2v) is 4.09. The molecule has 0 fully saturated rings. The highest BCUT2D eigenvalue weighted by atomic mass is 16.4. The van der Waals surface area contributed by atoms with E-state index in [-0.39, 0.29) is 11.1 Å². The van der Waals surface area contributed by atoms with Crippen LogP contribution in [0.4, 0.5) is 5.69 Å². The van der Waals surface area contributed by atoms with Crippen molar-refractivity contribution in [1.82, 2.24) is 0 Å². The van der Waals surface area contributed by atoms with Gasteiger partial charge in [-0.05, 0) is 25.1 Å². The molecule has 0 saturated heterocycles. The number of allylic oxidation sites excluding steroid dienone is 3. The molecule has 1 heterocycles. The van der Waals surface area contributed by atoms with Crippen LogP contribution in [0.5, 0.6) is 0 Å². The molecule has 0 spiro atoms. The standard InChI is InChI=1S/C14H12N2O3/c1-9-10(8-15)7-12(14(18)19)13(17)16(9)11-5-3-2-4-6-11/h2-7,13,17H,1H3,(H,18,19). The lowest BCUT2D eigenvalue weighted by atomic mass is 10.0. The van der Waals surface area contributed by atoms with Crippen LogP contribution in [0.3, 0.4) is 0 Å². The summed E-state index contributed by atoms with van der Waals surface area (Å²) in [6.45, 7) is 1.67. The van der Waals surface area contributed by atoms with Crippen LogP contribution < -0.4 is 4.90 Å². The van der Waals surface area contributed by atoms with Gasteiger partial charge in [0.25, 0.3) is 0 Å². The van der Waals surface area contributed by atoms with Crippen molar-refractivity contribution in [3.8, 4) is 6.07 Å². The van der Waals surface area contributed by atoms with E-state index in [2.05, 4.69) is 0 Å². The minimum Gasteiger partial charge on any atom is -0.478 e. The Morgan fingerprint density at radius 3 is 2.53 bits per heavy atom. The first-order chi connectivity index (χ1) is 9.06. The van der Waals surface area contributed by atoms with Crippen LogP contribution in [-0.4, -0.2) is 22.4 Å². The number of aliphatic hydroxyl groups excluding tert-OH is 1. The smallest absolute Gasteiger partial charge is 0.336 e. The number of nitriles is 1. The number of aliphatic hydroxyl groups is 1. The first-order valence-electron chi connectivity index (χ1n) is 5.64. The number of carboxylic acid groups (broad SMARTS) is 1. The Labute approximate surface area is 110 Å². The number of benzene rings is 1. The quantitative estimate of drug-likeness (QED) is 0.840. The van der Waals surface area contributed by atoms with E-state index in [1.807, 2.05) is 12.1 Å². The number of aliphatic carboxylic acids is 1. The number of rotatable bonds is 2. The van der Waals surface area contributed by atoms with Gasteiger partial charge in [-0.2, -0.15) is 5.26 Å². The summed E-state index contributed by atoms with van der Waals surface area (Å²) in [5.41, 5.74) is 1.16. The summed E-state index contributed by atoms with van der Waals surface area (Å²) < 4.78 is 0. The van der Waals surface area contributed by atoms with Crippen LogP contribution in [0.15, 0.2) is 53.3 Å². The lowest BCUT2D eigenvalue weighted by Gasteiger charge is -2.34. The van der Waals surface area contributed by atoms with Gasteiger partial charge in [-0.3, -0.25) is 0 Å². The molecule has 0 aliphatic carbocycles. The Balaban J connectivity index is 2.57. The van der Waals surface area contributed by atoms with Gasteiger partial charge in [-0.1, -0.05) is 18.2 Å². The summed E-state index contributed by atoms with van der Waals surface area (Å²) in [7, 11) is 0. The Bertz CT molecular complexity index is 611. The molecule has 1 aromatic rings. The molecule has 2 rings (SSSR count). The van der Waals surface area contributed by atoms with Crippen molar-refractivity contribution in [2.45, 2.75) is 13.2 Å². The molecule has 5 heteroatoms. The van der Waals surface area contributed by atoms with E-state index in [1.54, 1.807) is 31.2 Å². The Morgan fingerprint density at radius 1 is 1.37 bits per heavy atom. The van der Waals surface area contributed by atoms with Crippen LogP contribution in [0.1, 0.15) is 6.92 Å². The molecule has 0 radical (unpaired) electrons. The van der Waals surface area contributed by atoms with Gasteiger partial charge in [0, 0.05) is 11.4 Å². The average molecular weight is 256 g/mol. The van der Waals surface area contributed by atoms with Gasteiger partial charge < -0.3 is 15.1 Å². The van der Waals surface area contributed by atoms with Crippen molar-refractivity contribution in [3.63, 3.8) is 0 Å². The zero-order chi connectivity index (χ0) is 14.0. The molecule has 19 heavy (non-hydrogen) atoms. The normalized spacial score (nSPS) is 18.9. The highest BCUT2D eigenvalue weighted by Crippen LogP contribution is 2.30. The molecule has 0 bridgehead atoms. The lowest BCUT2D eigenvalue weighted by molar-refractivity contribution is -0.133. The number of nitrogens with zero attached hydrogens (tertiary/aromatic N) is 2. The second-order valence-electron chi connectivity index (χ2n) is 4.09. The topological polar surface area (TPSA) is 84.6 Å². The second kappa shape index (κ2) is 4.96. The molecule has 0 aromatic heterocycles. The lowest BCUT2D eigenvalue weighted by Crippen LogP contribution is -2.40. The van der Waals surface area contributed by atoms with Crippen molar-refractivity contribution in [2.24, 2.45) is 0 Å². The number of carbonyl (C=O) groups is 1. The number of anilines is 1. The monoisotopic (exact) mass is 256 g/mol. The van der Waals surface area contributed by atoms with E-state index < -0.39 is 12.2 Å². The Kier molecular flexibility index (Phi) is 3.36. The summed E-state index contributed by atoms with van der Waals surface area (Å²) >= 11 is 0. The van der Waals surface area contributed by atoms with Crippen molar-refractivity contribution in [3.05, 3.63) is 53.3 Å². The van der Waals surface area contributed by atoms with E-state index in [0.717, 1.165) is 0 Å². The zero-order valence-electron chi connectivity index (χ0n) is 10.2. The van der Waals surface area contributed by atoms with E-state index in [9.17, 15) is 9.90 Å². The summed E-state index contributed by atoms with van der Waals surface area (Å²) in [5, 5.41) is 28.3. The number of hydrogen-bond donors (Lipinski definition) is 2. The van der Waals surface area contributed by atoms with Gasteiger partial charge in [0.2, 0.25) is 0 Å². The van der Waals surface area contributed by atoms with Gasteiger partial charge in [0.15, 0.2) is 6.23 Å². The molecule has 1 atom stereocenters. The molecule has 1 aliphatic heterocycles. The van der Waals surface area contributed by atoms with Gasteiger partial charge in [0.1, 0.15) is 6.07 Å². The Morgan fingerprint density at radius 2 is 2.00 bits per heavy atom. The fourth-order valence-corrected chi connectivity index (χ4v) is 2.00. The molecule has 5 nitrogen and oxygen atoms in total. The third kappa shape index (κ3) is 2.21. The van der Waals surface area contributed by atoms with Crippen molar-refractivity contribution < 1.29 is 15.0 Å². The summed E-state index contributed by atoms with van der Waals surface area (Å²) in [6, 6.07) is 10.8. The summed E-state index contributed by atoms with van der Waals surface area (Å²) in [5.74, 6) is -1.24. The van der Waals surface area contributed by atoms with Gasteiger partial charge in [-0.15, -0.1) is 0 Å². The molecule has 0 amide bonds. The SMILES string of the molecule is CC1=C(C#N)C=C(C(=O)O)C(O)N1c1ccccc1. The third-order valence-electron chi connectivity index (χ3n) is 2.98. The van der Waals surface area contributed by atoms with Crippen LogP contribution in [0, 0.1) is 11.3 Å². The highest BCUT2D eigenvalue weighted by molar-refractivity contribution is 5.90. The van der Waals surface area contributed by atoms with Crippen LogP contribution >= 0.6 is 0 Å². The van der Waals surface area contributed by atoms with E-state index >= 15 is 0 Å². The predicted molar refractivity (Wildman–Crippen MR) is 69.0 cm³/mol. The predicted octanol–water partition coefficient (Wildman–Crippen LogP) is 1.63. The molecule has 1 unspecified atom stereocenters. The maximum absolute atomic E-state index is 11.1. The van der Waals surface area contributed by atoms with Gasteiger partial charge in [0.05, 0.1) is 11.1 Å². The largest absolute Gasteiger partial charge is 0.478 e. The maximum Gasteiger partial charge on any atom is 0.336 e. The van der Waals surface area contributed by atoms with Crippen molar-refractivity contribution >= 4 is 11.7 Å². The molecule has 1 aromatic carbocycles. The fourth-order valence-electron chi connectivity index (χ4n) is 2.00. The molecule has 1 aliphatic rings. The number of carboxylic acids is 1. The molecule has 96 valence electrons. The number of hydrogen-bond acceptors (Lipinski definition) is 4. The maximum atomic E-state index is 11.1. The minimum absolute atomic E-state index is 0.217. The van der Waals surface area contributed by atoms with E-state index in [1.165, 1.54) is 11.0 Å². The van der Waals surface area contributed by atoms with Crippen molar-refractivity contribution in [1.29, 1.82) is 5.26 Å². The van der Waals surface area contributed by atoms with Crippen LogP contribution in [0.2, 0.25) is 0 Å². The van der Waals surface area contributed by atoms with E-state index in [4.69, 9.17) is 10.4 Å². The fraction of sp³-hybridized carbons (Fsp3) is 0.143. The summed E-state index contributed by atoms with van der Waals surface area (Å²) in [4.78, 5) is 12.6. The summed E-state index contributed by atoms with van der Waals surface area (Å²) in [6.07, 6.45) is -0.0982. The molecule has 0 saturated carbocycles. The third-order valence-corrected chi connectivity index (χ3v) is 2.98.